The van der Waals surface area contributed by atoms with Crippen LogP contribution in [0.25, 0.3) is 0 Å². The van der Waals surface area contributed by atoms with E-state index in [9.17, 15) is 4.79 Å². The summed E-state index contributed by atoms with van der Waals surface area (Å²) in [6.45, 7) is 1.49. The quantitative estimate of drug-likeness (QED) is 0.389. The Kier molecular flexibility index (Phi) is 2.24. The van der Waals surface area contributed by atoms with Crippen molar-refractivity contribution >= 4 is 11.6 Å². The molecular weight excluding hydrogens is 152 g/mol. The molecule has 0 spiro atoms. The van der Waals surface area contributed by atoms with E-state index in [-0.39, 0.29) is 11.6 Å². The molecule has 3 N–H and O–H groups in total. The van der Waals surface area contributed by atoms with Gasteiger partial charge in [-0.2, -0.15) is 0 Å². The van der Waals surface area contributed by atoms with E-state index in [1.165, 1.54) is 6.92 Å². The number of hydrogen-bond acceptors (Lipinski definition) is 2. The van der Waals surface area contributed by atoms with Crippen molar-refractivity contribution in [3.05, 3.63) is 35.4 Å². The van der Waals surface area contributed by atoms with Gasteiger partial charge in [-0.15, -0.1) is 0 Å². The number of Topliss-reactive ketones (excluding diaryl/α,β-unsaturated/α-hetero) is 1. The van der Waals surface area contributed by atoms with E-state index in [0.29, 0.717) is 11.1 Å². The van der Waals surface area contributed by atoms with E-state index in [1.807, 2.05) is 0 Å². The standard InChI is InChI=1S/C9H10N2O/c1-6(12)7-3-2-4-8(5-7)9(10)11/h2-5H,1H3,(H3,10,11). The van der Waals surface area contributed by atoms with E-state index in [0.717, 1.165) is 0 Å². The van der Waals surface area contributed by atoms with Crippen LogP contribution in [-0.4, -0.2) is 11.6 Å². The van der Waals surface area contributed by atoms with Gasteiger partial charge in [0.25, 0.3) is 0 Å². The molecule has 0 fully saturated rings. The summed E-state index contributed by atoms with van der Waals surface area (Å²) in [5, 5.41) is 7.14. The van der Waals surface area contributed by atoms with E-state index < -0.39 is 0 Å². The van der Waals surface area contributed by atoms with Gasteiger partial charge in [0.05, 0.1) is 0 Å². The number of amidine groups is 1. The zero-order valence-corrected chi connectivity index (χ0v) is 6.79. The molecule has 1 aromatic carbocycles. The van der Waals surface area contributed by atoms with Crippen LogP contribution >= 0.6 is 0 Å². The van der Waals surface area contributed by atoms with Crippen molar-refractivity contribution in [2.24, 2.45) is 5.73 Å². The van der Waals surface area contributed by atoms with Crippen molar-refractivity contribution in [1.82, 2.24) is 0 Å². The molecule has 3 nitrogen and oxygen atoms in total. The predicted molar refractivity (Wildman–Crippen MR) is 47.5 cm³/mol. The number of ketones is 1. The lowest BCUT2D eigenvalue weighted by molar-refractivity contribution is 0.101. The van der Waals surface area contributed by atoms with Crippen molar-refractivity contribution in [3.8, 4) is 0 Å². The first kappa shape index (κ1) is 8.46. The van der Waals surface area contributed by atoms with Crippen LogP contribution in [0.4, 0.5) is 0 Å². The third-order valence-electron chi connectivity index (χ3n) is 1.58. The molecule has 0 bridgehead atoms. The predicted octanol–water partition coefficient (Wildman–Crippen LogP) is 1.17. The normalized spacial score (nSPS) is 9.42. The lowest BCUT2D eigenvalue weighted by atomic mass is 10.1. The van der Waals surface area contributed by atoms with Gasteiger partial charge in [-0.25, -0.2) is 0 Å². The Labute approximate surface area is 70.7 Å². The van der Waals surface area contributed by atoms with Gasteiger partial charge in [-0.05, 0) is 13.0 Å². The van der Waals surface area contributed by atoms with Gasteiger partial charge in [0.2, 0.25) is 0 Å². The molecule has 0 aliphatic heterocycles. The van der Waals surface area contributed by atoms with Crippen LogP contribution in [0, 0.1) is 5.41 Å². The molecule has 0 amide bonds. The van der Waals surface area contributed by atoms with E-state index >= 15 is 0 Å². The van der Waals surface area contributed by atoms with Gasteiger partial charge in [-0.3, -0.25) is 10.2 Å². The van der Waals surface area contributed by atoms with Crippen molar-refractivity contribution in [3.63, 3.8) is 0 Å². The third-order valence-corrected chi connectivity index (χ3v) is 1.58. The number of benzene rings is 1. The topological polar surface area (TPSA) is 66.9 Å². The highest BCUT2D eigenvalue weighted by molar-refractivity contribution is 5.99. The molecule has 62 valence electrons. The summed E-state index contributed by atoms with van der Waals surface area (Å²) in [5.41, 5.74) is 6.43. The van der Waals surface area contributed by atoms with Crippen LogP contribution in [0.2, 0.25) is 0 Å². The monoisotopic (exact) mass is 162 g/mol. The fourth-order valence-corrected chi connectivity index (χ4v) is 0.906. The first-order chi connectivity index (χ1) is 5.61. The van der Waals surface area contributed by atoms with Gasteiger partial charge in [0.1, 0.15) is 5.84 Å². The summed E-state index contributed by atoms with van der Waals surface area (Å²) < 4.78 is 0. The lowest BCUT2D eigenvalue weighted by Crippen LogP contribution is -2.11. The largest absolute Gasteiger partial charge is 0.384 e. The first-order valence-electron chi connectivity index (χ1n) is 3.56. The maximum Gasteiger partial charge on any atom is 0.159 e. The van der Waals surface area contributed by atoms with Crippen LogP contribution in [0.15, 0.2) is 24.3 Å². The summed E-state index contributed by atoms with van der Waals surface area (Å²) in [6.07, 6.45) is 0. The molecule has 0 heterocycles. The maximum absolute atomic E-state index is 10.9. The minimum absolute atomic E-state index is 0.0156. The summed E-state index contributed by atoms with van der Waals surface area (Å²) in [7, 11) is 0. The second-order valence-electron chi connectivity index (χ2n) is 2.55. The molecular formula is C9H10N2O. The van der Waals surface area contributed by atoms with Crippen LogP contribution in [0.5, 0.6) is 0 Å². The molecule has 0 unspecified atom stereocenters. The lowest BCUT2D eigenvalue weighted by Gasteiger charge is -1.99. The SMILES string of the molecule is CC(=O)c1cccc(C(=N)N)c1. The zero-order chi connectivity index (χ0) is 9.14. The number of carbonyl (C=O) groups is 1. The molecule has 0 atom stereocenters. The highest BCUT2D eigenvalue weighted by Crippen LogP contribution is 2.04. The summed E-state index contributed by atoms with van der Waals surface area (Å²) in [4.78, 5) is 10.9. The van der Waals surface area contributed by atoms with Gasteiger partial charge in [-0.1, -0.05) is 18.2 Å². The molecule has 0 aliphatic carbocycles. The molecule has 0 saturated carbocycles. The highest BCUT2D eigenvalue weighted by atomic mass is 16.1. The van der Waals surface area contributed by atoms with Gasteiger partial charge in [0, 0.05) is 11.1 Å². The zero-order valence-electron chi connectivity index (χ0n) is 6.79. The second kappa shape index (κ2) is 3.17. The van der Waals surface area contributed by atoms with Crippen LogP contribution in [0.1, 0.15) is 22.8 Å². The Morgan fingerprint density at radius 3 is 2.50 bits per heavy atom. The number of hydrogen-bond donors (Lipinski definition) is 2. The van der Waals surface area contributed by atoms with Crippen molar-refractivity contribution in [2.45, 2.75) is 6.92 Å². The maximum atomic E-state index is 10.9. The Bertz CT molecular complexity index is 302. The van der Waals surface area contributed by atoms with E-state index in [2.05, 4.69) is 0 Å². The molecule has 0 radical (unpaired) electrons. The molecule has 1 rings (SSSR count). The van der Waals surface area contributed by atoms with Gasteiger partial charge in [0.15, 0.2) is 5.78 Å². The molecule has 0 aromatic heterocycles. The number of nitrogens with two attached hydrogens (primary N) is 1. The first-order valence-corrected chi connectivity index (χ1v) is 3.56. The van der Waals surface area contributed by atoms with E-state index in [1.54, 1.807) is 24.3 Å². The highest BCUT2D eigenvalue weighted by Gasteiger charge is 2.01. The Hall–Kier alpha value is -1.64. The van der Waals surface area contributed by atoms with Crippen molar-refractivity contribution < 1.29 is 4.79 Å². The van der Waals surface area contributed by atoms with Crippen LogP contribution in [-0.2, 0) is 0 Å². The Morgan fingerprint density at radius 1 is 1.42 bits per heavy atom. The molecule has 12 heavy (non-hydrogen) atoms. The number of rotatable bonds is 2. The number of nitrogen functional groups attached to an aromatic ring is 1. The average Bonchev–Trinajstić information content (AvgIpc) is 2.04. The molecule has 1 aromatic rings. The third kappa shape index (κ3) is 1.69. The molecule has 0 aliphatic rings. The molecule has 0 saturated heterocycles. The summed E-state index contributed by atoms with van der Waals surface area (Å²) in [6, 6.07) is 6.74. The fraction of sp³-hybridized carbons (Fsp3) is 0.111. The number of carbonyl (C=O) groups excluding carboxylic acids is 1. The van der Waals surface area contributed by atoms with Crippen molar-refractivity contribution in [2.75, 3.05) is 0 Å². The Morgan fingerprint density at radius 2 is 2.00 bits per heavy atom. The van der Waals surface area contributed by atoms with Crippen LogP contribution in [0.3, 0.4) is 0 Å². The van der Waals surface area contributed by atoms with Crippen LogP contribution < -0.4 is 5.73 Å². The van der Waals surface area contributed by atoms with Crippen molar-refractivity contribution in [1.29, 1.82) is 5.41 Å². The fourth-order valence-electron chi connectivity index (χ4n) is 0.906. The summed E-state index contributed by atoms with van der Waals surface area (Å²) in [5.74, 6) is -0.0313. The Balaban J connectivity index is 3.12. The minimum Gasteiger partial charge on any atom is -0.384 e. The van der Waals surface area contributed by atoms with Gasteiger partial charge >= 0.3 is 0 Å². The molecule has 3 heteroatoms. The number of nitrogens with one attached hydrogen (secondary N) is 1. The second-order valence-corrected chi connectivity index (χ2v) is 2.55. The average molecular weight is 162 g/mol. The van der Waals surface area contributed by atoms with Gasteiger partial charge < -0.3 is 5.73 Å². The smallest absolute Gasteiger partial charge is 0.159 e. The summed E-state index contributed by atoms with van der Waals surface area (Å²) >= 11 is 0. The van der Waals surface area contributed by atoms with E-state index in [4.69, 9.17) is 11.1 Å². The minimum atomic E-state index is -0.0156.